The standard InChI is InChI=1S/C30H54N6O12/c37-24(12-14-27(40)34(46)21-9-3-6-18-31-23-26(39)33-45)11-5-1-2-8-20-35(47)28(41)15-13-25(38)32-19-7-4-10-22-36(48)29(42)16-17-30(43)44/h31,45-48H,1-23H2,(H,32,38)(H,33,39)(H,43,44). The topological polar surface area (TPSA) is 266 Å². The summed E-state index contributed by atoms with van der Waals surface area (Å²) in [6.07, 6.45) is 5.39. The maximum Gasteiger partial charge on any atom is 0.303 e. The smallest absolute Gasteiger partial charge is 0.303 e. The second kappa shape index (κ2) is 28.3. The van der Waals surface area contributed by atoms with Crippen LogP contribution in [0.4, 0.5) is 0 Å². The van der Waals surface area contributed by atoms with E-state index in [4.69, 9.17) is 10.3 Å². The lowest BCUT2D eigenvalue weighted by Crippen LogP contribution is -2.32. The number of nitrogens with one attached hydrogen (secondary N) is 3. The number of hydrogen-bond donors (Lipinski definition) is 8. The fourth-order valence-corrected chi connectivity index (χ4v) is 4.31. The molecule has 0 rings (SSSR count). The Morgan fingerprint density at radius 2 is 0.938 bits per heavy atom. The first-order valence-corrected chi connectivity index (χ1v) is 16.5. The summed E-state index contributed by atoms with van der Waals surface area (Å²) in [4.78, 5) is 81.0. The van der Waals surface area contributed by atoms with E-state index in [-0.39, 0.29) is 82.8 Å². The molecule has 0 saturated carbocycles. The average Bonchev–Trinajstić information content (AvgIpc) is 3.06. The highest BCUT2D eigenvalue weighted by molar-refractivity contribution is 5.84. The summed E-state index contributed by atoms with van der Waals surface area (Å²) in [5.74, 6) is -3.88. The van der Waals surface area contributed by atoms with E-state index in [9.17, 15) is 49.2 Å². The van der Waals surface area contributed by atoms with Crippen LogP contribution in [0.2, 0.25) is 0 Å². The molecule has 5 amide bonds. The summed E-state index contributed by atoms with van der Waals surface area (Å²) < 4.78 is 0. The van der Waals surface area contributed by atoms with Crippen LogP contribution in [0, 0.1) is 0 Å². The van der Waals surface area contributed by atoms with E-state index in [2.05, 4.69) is 10.6 Å². The number of hydroxylamine groups is 7. The Balaban J connectivity index is 3.78. The molecule has 0 fully saturated rings. The molecule has 0 bridgehead atoms. The summed E-state index contributed by atoms with van der Waals surface area (Å²) >= 11 is 0. The number of carbonyl (C=O) groups is 7. The molecular formula is C30H54N6O12. The number of rotatable bonds is 30. The van der Waals surface area contributed by atoms with Gasteiger partial charge in [0.15, 0.2) is 0 Å². The fourth-order valence-electron chi connectivity index (χ4n) is 4.31. The summed E-state index contributed by atoms with van der Waals surface area (Å²) in [5.41, 5.74) is 1.51. The van der Waals surface area contributed by atoms with E-state index in [1.54, 1.807) is 0 Å². The van der Waals surface area contributed by atoms with Crippen LogP contribution in [0.5, 0.6) is 0 Å². The van der Waals surface area contributed by atoms with Crippen LogP contribution in [-0.4, -0.2) is 122 Å². The minimum Gasteiger partial charge on any atom is -0.481 e. The molecule has 48 heavy (non-hydrogen) atoms. The largest absolute Gasteiger partial charge is 0.481 e. The molecule has 0 aromatic heterocycles. The van der Waals surface area contributed by atoms with Gasteiger partial charge in [-0.25, -0.2) is 20.7 Å². The van der Waals surface area contributed by atoms with Gasteiger partial charge in [0.1, 0.15) is 5.78 Å². The molecule has 0 aromatic rings. The van der Waals surface area contributed by atoms with Crippen LogP contribution in [0.3, 0.4) is 0 Å². The van der Waals surface area contributed by atoms with Gasteiger partial charge in [0.2, 0.25) is 23.6 Å². The van der Waals surface area contributed by atoms with Gasteiger partial charge in [-0.15, -0.1) is 0 Å². The molecule has 0 heterocycles. The number of amides is 5. The third kappa shape index (κ3) is 25.4. The minimum absolute atomic E-state index is 0.00548. The van der Waals surface area contributed by atoms with Crippen LogP contribution in [0.1, 0.15) is 109 Å². The van der Waals surface area contributed by atoms with Crippen LogP contribution in [0.25, 0.3) is 0 Å². The normalized spacial score (nSPS) is 10.7. The summed E-state index contributed by atoms with van der Waals surface area (Å²) in [5, 5.41) is 53.5. The Bertz CT molecular complexity index is 999. The van der Waals surface area contributed by atoms with Crippen molar-refractivity contribution in [1.29, 1.82) is 0 Å². The fraction of sp³-hybridized carbons (Fsp3) is 0.767. The Morgan fingerprint density at radius 3 is 1.46 bits per heavy atom. The Morgan fingerprint density at radius 1 is 0.479 bits per heavy atom. The van der Waals surface area contributed by atoms with Crippen molar-refractivity contribution in [2.24, 2.45) is 0 Å². The molecule has 0 aliphatic rings. The molecule has 0 unspecified atom stereocenters. The number of unbranched alkanes of at least 4 members (excludes halogenated alkanes) is 7. The third-order valence-corrected chi connectivity index (χ3v) is 7.18. The third-order valence-electron chi connectivity index (χ3n) is 7.18. The molecule has 18 heteroatoms. The highest BCUT2D eigenvalue weighted by atomic mass is 16.5. The van der Waals surface area contributed by atoms with Crippen molar-refractivity contribution in [1.82, 2.24) is 31.3 Å². The predicted octanol–water partition coefficient (Wildman–Crippen LogP) is 1.14. The number of Topliss-reactive ketones (excluding diaryl/α,β-unsaturated/α-hetero) is 1. The van der Waals surface area contributed by atoms with Crippen molar-refractivity contribution < 1.29 is 59.5 Å². The average molecular weight is 691 g/mol. The van der Waals surface area contributed by atoms with E-state index < -0.39 is 29.6 Å². The lowest BCUT2D eigenvalue weighted by Gasteiger charge is -2.15. The van der Waals surface area contributed by atoms with Gasteiger partial charge in [-0.2, -0.15) is 0 Å². The zero-order valence-corrected chi connectivity index (χ0v) is 27.7. The molecule has 0 atom stereocenters. The Hall–Kier alpha value is -3.71. The quantitative estimate of drug-likeness (QED) is 0.0299. The van der Waals surface area contributed by atoms with Gasteiger partial charge in [0.05, 0.1) is 13.0 Å². The number of carbonyl (C=O) groups excluding carboxylic acids is 6. The predicted molar refractivity (Wildman–Crippen MR) is 167 cm³/mol. The van der Waals surface area contributed by atoms with Crippen LogP contribution >= 0.6 is 0 Å². The van der Waals surface area contributed by atoms with Crippen LogP contribution in [-0.2, 0) is 33.6 Å². The van der Waals surface area contributed by atoms with Crippen molar-refractivity contribution in [3.63, 3.8) is 0 Å². The van der Waals surface area contributed by atoms with Crippen molar-refractivity contribution in [2.45, 2.75) is 109 Å². The van der Waals surface area contributed by atoms with Crippen LogP contribution < -0.4 is 16.1 Å². The first-order valence-electron chi connectivity index (χ1n) is 16.5. The highest BCUT2D eigenvalue weighted by Gasteiger charge is 2.15. The van der Waals surface area contributed by atoms with E-state index in [0.717, 1.165) is 6.42 Å². The molecule has 276 valence electrons. The van der Waals surface area contributed by atoms with Crippen molar-refractivity contribution in [3.8, 4) is 0 Å². The van der Waals surface area contributed by atoms with Gasteiger partial charge >= 0.3 is 5.97 Å². The molecule has 0 spiro atoms. The monoisotopic (exact) mass is 690 g/mol. The number of hydrogen-bond acceptors (Lipinski definition) is 12. The molecule has 0 saturated heterocycles. The molecule has 0 aliphatic heterocycles. The maximum absolute atomic E-state index is 12.1. The number of carboxylic acid groups (broad SMARTS) is 1. The van der Waals surface area contributed by atoms with Crippen LogP contribution in [0.15, 0.2) is 0 Å². The minimum atomic E-state index is -1.12. The highest BCUT2D eigenvalue weighted by Crippen LogP contribution is 2.09. The summed E-state index contributed by atoms with van der Waals surface area (Å²) in [7, 11) is 0. The molecular weight excluding hydrogens is 636 g/mol. The van der Waals surface area contributed by atoms with E-state index >= 15 is 0 Å². The van der Waals surface area contributed by atoms with Crippen molar-refractivity contribution in [2.75, 3.05) is 39.3 Å². The molecule has 0 aliphatic carbocycles. The second-order valence-corrected chi connectivity index (χ2v) is 11.3. The van der Waals surface area contributed by atoms with Gasteiger partial charge in [0, 0.05) is 64.7 Å². The number of carboxylic acids is 1. The second-order valence-electron chi connectivity index (χ2n) is 11.3. The first-order chi connectivity index (χ1) is 22.9. The van der Waals surface area contributed by atoms with E-state index in [0.29, 0.717) is 86.1 Å². The molecule has 0 aromatic carbocycles. The zero-order valence-electron chi connectivity index (χ0n) is 27.7. The number of ketones is 1. The van der Waals surface area contributed by atoms with Gasteiger partial charge in [-0.3, -0.25) is 54.4 Å². The SMILES string of the molecule is O=C(O)CCC(=O)N(O)CCCCCNC(=O)CCC(=O)N(O)CCCCCCC(=O)CCC(=O)N(O)CCCCCNCC(=O)NO. The Kier molecular flexibility index (Phi) is 26.1. The molecule has 8 N–H and O–H groups in total. The van der Waals surface area contributed by atoms with Gasteiger partial charge < -0.3 is 15.7 Å². The number of nitrogens with zero attached hydrogens (tertiary/aromatic N) is 3. The van der Waals surface area contributed by atoms with Gasteiger partial charge in [-0.05, 0) is 51.5 Å². The molecule has 0 radical (unpaired) electrons. The Labute approximate surface area is 280 Å². The van der Waals surface area contributed by atoms with Gasteiger partial charge in [0.25, 0.3) is 5.91 Å². The number of aliphatic carboxylic acids is 1. The summed E-state index contributed by atoms with van der Waals surface area (Å²) in [6.45, 7) is 1.16. The van der Waals surface area contributed by atoms with Crippen molar-refractivity contribution in [3.05, 3.63) is 0 Å². The maximum atomic E-state index is 12.1. The van der Waals surface area contributed by atoms with Crippen molar-refractivity contribution >= 4 is 41.3 Å². The van der Waals surface area contributed by atoms with E-state index in [1.165, 1.54) is 5.48 Å². The lowest BCUT2D eigenvalue weighted by atomic mass is 10.1. The zero-order chi connectivity index (χ0) is 36.2. The first kappa shape index (κ1) is 44.3. The van der Waals surface area contributed by atoms with Gasteiger partial charge in [-0.1, -0.05) is 19.3 Å². The molecule has 18 nitrogen and oxygen atoms in total. The lowest BCUT2D eigenvalue weighted by molar-refractivity contribution is -0.166. The van der Waals surface area contributed by atoms with E-state index in [1.807, 2.05) is 0 Å². The summed E-state index contributed by atoms with van der Waals surface area (Å²) in [6, 6.07) is 0.